The van der Waals surface area contributed by atoms with Crippen molar-refractivity contribution in [1.82, 2.24) is 4.98 Å². The van der Waals surface area contributed by atoms with Crippen LogP contribution in [-0.2, 0) is 14.3 Å². The molecule has 1 aliphatic rings. The molecule has 108 valence electrons. The van der Waals surface area contributed by atoms with Crippen LogP contribution in [0.15, 0.2) is 12.3 Å². The molecule has 7 heteroatoms. The largest absolute Gasteiger partial charge is 0.474 e. The molecule has 1 atom stereocenters. The van der Waals surface area contributed by atoms with E-state index >= 15 is 0 Å². The van der Waals surface area contributed by atoms with Gasteiger partial charge in [-0.25, -0.2) is 14.6 Å². The van der Waals surface area contributed by atoms with E-state index < -0.39 is 18.0 Å². The van der Waals surface area contributed by atoms with Gasteiger partial charge < -0.3 is 14.2 Å². The summed E-state index contributed by atoms with van der Waals surface area (Å²) < 4.78 is 15.1. The first-order chi connectivity index (χ1) is 9.47. The normalized spacial score (nSPS) is 18.0. The first-order valence-corrected chi connectivity index (χ1v) is 6.55. The van der Waals surface area contributed by atoms with Gasteiger partial charge in [-0.3, -0.25) is 0 Å². The Morgan fingerprint density at radius 1 is 1.55 bits per heavy atom. The van der Waals surface area contributed by atoms with Crippen LogP contribution < -0.4 is 4.74 Å². The molecule has 0 N–H and O–H groups in total. The molecule has 1 aromatic rings. The van der Waals surface area contributed by atoms with Crippen LogP contribution in [-0.4, -0.2) is 35.7 Å². The van der Waals surface area contributed by atoms with Gasteiger partial charge in [-0.2, -0.15) is 0 Å². The van der Waals surface area contributed by atoms with E-state index in [1.807, 2.05) is 13.8 Å². The maximum atomic E-state index is 11.9. The molecule has 1 fully saturated rings. The summed E-state index contributed by atoms with van der Waals surface area (Å²) in [5.41, 5.74) is 0.158. The van der Waals surface area contributed by atoms with Crippen LogP contribution >= 0.6 is 11.6 Å². The standard InChI is InChI=1S/C13H14ClNO5/c1-7(2)19-11-9(14)5-8(6-15-11)12(16)20-10-3-4-18-13(10)17/h5-7,10H,3-4H2,1-2H3/t10-/m0/s1. The van der Waals surface area contributed by atoms with E-state index in [1.165, 1.54) is 12.3 Å². The summed E-state index contributed by atoms with van der Waals surface area (Å²) in [6, 6.07) is 1.40. The molecule has 0 spiro atoms. The van der Waals surface area contributed by atoms with Crippen molar-refractivity contribution in [3.05, 3.63) is 22.8 Å². The number of esters is 2. The lowest BCUT2D eigenvalue weighted by molar-refractivity contribution is -0.145. The lowest BCUT2D eigenvalue weighted by Gasteiger charge is -2.11. The Kier molecular flexibility index (Phi) is 4.44. The molecule has 0 amide bonds. The first kappa shape index (κ1) is 14.6. The quantitative estimate of drug-likeness (QED) is 0.792. The van der Waals surface area contributed by atoms with E-state index in [0.717, 1.165) is 0 Å². The predicted molar refractivity (Wildman–Crippen MR) is 69.8 cm³/mol. The molecule has 1 aromatic heterocycles. The molecule has 20 heavy (non-hydrogen) atoms. The Labute approximate surface area is 121 Å². The van der Waals surface area contributed by atoms with Gasteiger partial charge in [0, 0.05) is 12.6 Å². The van der Waals surface area contributed by atoms with Gasteiger partial charge in [-0.1, -0.05) is 11.6 Å². The van der Waals surface area contributed by atoms with Gasteiger partial charge in [0.25, 0.3) is 0 Å². The van der Waals surface area contributed by atoms with Crippen molar-refractivity contribution in [1.29, 1.82) is 0 Å². The molecule has 0 radical (unpaired) electrons. The summed E-state index contributed by atoms with van der Waals surface area (Å²) in [7, 11) is 0. The van der Waals surface area contributed by atoms with Gasteiger partial charge in [-0.15, -0.1) is 0 Å². The molecular weight excluding hydrogens is 286 g/mol. The number of ether oxygens (including phenoxy) is 3. The number of hydrogen-bond acceptors (Lipinski definition) is 6. The van der Waals surface area contributed by atoms with Gasteiger partial charge in [0.15, 0.2) is 0 Å². The number of nitrogens with zero attached hydrogens (tertiary/aromatic N) is 1. The lowest BCUT2D eigenvalue weighted by Crippen LogP contribution is -2.22. The third-order valence-electron chi connectivity index (χ3n) is 2.53. The minimum absolute atomic E-state index is 0.0777. The highest BCUT2D eigenvalue weighted by molar-refractivity contribution is 6.32. The number of carbonyl (C=O) groups excluding carboxylic acids is 2. The summed E-state index contributed by atoms with van der Waals surface area (Å²) in [5, 5.41) is 0.210. The summed E-state index contributed by atoms with van der Waals surface area (Å²) in [6.45, 7) is 3.94. The highest BCUT2D eigenvalue weighted by Gasteiger charge is 2.30. The topological polar surface area (TPSA) is 74.7 Å². The zero-order valence-electron chi connectivity index (χ0n) is 11.1. The highest BCUT2D eigenvalue weighted by Crippen LogP contribution is 2.24. The minimum Gasteiger partial charge on any atom is -0.474 e. The van der Waals surface area contributed by atoms with E-state index in [2.05, 4.69) is 4.98 Å². The fourth-order valence-corrected chi connectivity index (χ4v) is 1.84. The number of carbonyl (C=O) groups is 2. The third-order valence-corrected chi connectivity index (χ3v) is 2.80. The monoisotopic (exact) mass is 299 g/mol. The summed E-state index contributed by atoms with van der Waals surface area (Å²) in [5.74, 6) is -0.949. The molecule has 6 nitrogen and oxygen atoms in total. The Morgan fingerprint density at radius 2 is 2.30 bits per heavy atom. The zero-order valence-corrected chi connectivity index (χ0v) is 11.8. The number of cyclic esters (lactones) is 1. The fraction of sp³-hybridized carbons (Fsp3) is 0.462. The molecule has 1 saturated heterocycles. The average molecular weight is 300 g/mol. The Balaban J connectivity index is 2.07. The van der Waals surface area contributed by atoms with Crippen LogP contribution in [0.1, 0.15) is 30.6 Å². The van der Waals surface area contributed by atoms with Crippen molar-refractivity contribution in [2.24, 2.45) is 0 Å². The molecule has 2 rings (SSSR count). The number of halogens is 1. The fourth-order valence-electron chi connectivity index (χ4n) is 1.63. The van der Waals surface area contributed by atoms with Gasteiger partial charge in [0.1, 0.15) is 5.02 Å². The van der Waals surface area contributed by atoms with E-state index in [9.17, 15) is 9.59 Å². The lowest BCUT2D eigenvalue weighted by atomic mass is 10.2. The van der Waals surface area contributed by atoms with Crippen molar-refractivity contribution in [2.75, 3.05) is 6.61 Å². The molecule has 0 unspecified atom stereocenters. The SMILES string of the molecule is CC(C)Oc1ncc(C(=O)O[C@H]2CCOC2=O)cc1Cl. The van der Waals surface area contributed by atoms with E-state index in [-0.39, 0.29) is 29.2 Å². The molecule has 0 aromatic carbocycles. The van der Waals surface area contributed by atoms with E-state index in [1.54, 1.807) is 0 Å². The smallest absolute Gasteiger partial charge is 0.347 e. The number of rotatable bonds is 4. The molecule has 0 saturated carbocycles. The van der Waals surface area contributed by atoms with E-state index in [4.69, 9.17) is 25.8 Å². The van der Waals surface area contributed by atoms with E-state index in [0.29, 0.717) is 6.42 Å². The number of pyridine rings is 1. The maximum Gasteiger partial charge on any atom is 0.347 e. The molecular formula is C13H14ClNO5. The maximum absolute atomic E-state index is 11.9. The average Bonchev–Trinajstić information content (AvgIpc) is 2.77. The first-order valence-electron chi connectivity index (χ1n) is 6.17. The van der Waals surface area contributed by atoms with Crippen LogP contribution in [0.5, 0.6) is 5.88 Å². The second kappa shape index (κ2) is 6.09. The molecule has 2 heterocycles. The summed E-state index contributed by atoms with van der Waals surface area (Å²) >= 11 is 5.98. The predicted octanol–water partition coefficient (Wildman–Crippen LogP) is 1.99. The summed E-state index contributed by atoms with van der Waals surface area (Å²) in [6.07, 6.45) is 0.728. The third kappa shape index (κ3) is 3.39. The Morgan fingerprint density at radius 3 is 2.85 bits per heavy atom. The molecule has 1 aliphatic heterocycles. The van der Waals surface area contributed by atoms with Crippen molar-refractivity contribution in [3.63, 3.8) is 0 Å². The molecule has 0 bridgehead atoms. The second-order valence-electron chi connectivity index (χ2n) is 4.53. The highest BCUT2D eigenvalue weighted by atomic mass is 35.5. The molecule has 0 aliphatic carbocycles. The van der Waals surface area contributed by atoms with Crippen molar-refractivity contribution < 1.29 is 23.8 Å². The summed E-state index contributed by atoms with van der Waals surface area (Å²) in [4.78, 5) is 27.0. The zero-order chi connectivity index (χ0) is 14.7. The Bertz CT molecular complexity index is 531. The second-order valence-corrected chi connectivity index (χ2v) is 4.93. The van der Waals surface area contributed by atoms with Crippen LogP contribution in [0, 0.1) is 0 Å². The van der Waals surface area contributed by atoms with Crippen molar-refractivity contribution >= 4 is 23.5 Å². The van der Waals surface area contributed by atoms with Crippen LogP contribution in [0.25, 0.3) is 0 Å². The van der Waals surface area contributed by atoms with Gasteiger partial charge in [0.05, 0.1) is 18.3 Å². The van der Waals surface area contributed by atoms with Crippen molar-refractivity contribution in [3.8, 4) is 5.88 Å². The van der Waals surface area contributed by atoms with Crippen molar-refractivity contribution in [2.45, 2.75) is 32.5 Å². The van der Waals surface area contributed by atoms with Crippen LogP contribution in [0.4, 0.5) is 0 Å². The van der Waals surface area contributed by atoms with Gasteiger partial charge >= 0.3 is 11.9 Å². The Hall–Kier alpha value is -1.82. The van der Waals surface area contributed by atoms with Gasteiger partial charge in [-0.05, 0) is 19.9 Å². The van der Waals surface area contributed by atoms with Crippen LogP contribution in [0.3, 0.4) is 0 Å². The van der Waals surface area contributed by atoms with Crippen LogP contribution in [0.2, 0.25) is 5.02 Å². The number of hydrogen-bond donors (Lipinski definition) is 0. The number of aromatic nitrogens is 1. The minimum atomic E-state index is -0.854. The van der Waals surface area contributed by atoms with Gasteiger partial charge in [0.2, 0.25) is 12.0 Å².